The number of amides is 2. The zero-order chi connectivity index (χ0) is 20.4. The molecule has 1 unspecified atom stereocenters. The van der Waals surface area contributed by atoms with Gasteiger partial charge in [0.05, 0.1) is 0 Å². The van der Waals surface area contributed by atoms with Crippen LogP contribution in [0.5, 0.6) is 5.75 Å². The SMILES string of the molecule is CC(C)c1ccc(NC(=O)CN2C(=O)C(C(C)C)Oc3ccc(N)nc32)cc1. The van der Waals surface area contributed by atoms with Crippen LogP contribution in [-0.4, -0.2) is 29.4 Å². The molecular weight excluding hydrogens is 356 g/mol. The van der Waals surface area contributed by atoms with Gasteiger partial charge >= 0.3 is 0 Å². The van der Waals surface area contributed by atoms with E-state index in [1.165, 1.54) is 10.5 Å². The molecule has 1 aliphatic heterocycles. The van der Waals surface area contributed by atoms with E-state index in [-0.39, 0.29) is 35.9 Å². The predicted octanol–water partition coefficient (Wildman–Crippen LogP) is 3.18. The minimum atomic E-state index is -0.670. The molecular formula is C21H26N4O3. The lowest BCUT2D eigenvalue weighted by Gasteiger charge is -2.34. The number of nitrogens with zero attached hydrogens (tertiary/aromatic N) is 2. The summed E-state index contributed by atoms with van der Waals surface area (Å²) in [7, 11) is 0. The van der Waals surface area contributed by atoms with Crippen LogP contribution in [0, 0.1) is 5.92 Å². The zero-order valence-corrected chi connectivity index (χ0v) is 16.6. The van der Waals surface area contributed by atoms with Gasteiger partial charge in [-0.3, -0.25) is 14.5 Å². The summed E-state index contributed by atoms with van der Waals surface area (Å²) in [5.41, 5.74) is 7.64. The normalized spacial score (nSPS) is 16.1. The van der Waals surface area contributed by atoms with Crippen molar-refractivity contribution in [3.05, 3.63) is 42.0 Å². The lowest BCUT2D eigenvalue weighted by Crippen LogP contribution is -2.51. The molecule has 0 aliphatic carbocycles. The maximum absolute atomic E-state index is 12.9. The van der Waals surface area contributed by atoms with Crippen LogP contribution in [0.1, 0.15) is 39.2 Å². The number of ether oxygens (including phenoxy) is 1. The van der Waals surface area contributed by atoms with Crippen molar-refractivity contribution in [2.24, 2.45) is 5.92 Å². The number of carbonyl (C=O) groups excluding carboxylic acids is 2. The number of fused-ring (bicyclic) bond motifs is 1. The number of pyridine rings is 1. The topological polar surface area (TPSA) is 97.5 Å². The van der Waals surface area contributed by atoms with Crippen LogP contribution in [0.4, 0.5) is 17.3 Å². The highest BCUT2D eigenvalue weighted by atomic mass is 16.5. The van der Waals surface area contributed by atoms with Crippen molar-refractivity contribution in [3.63, 3.8) is 0 Å². The van der Waals surface area contributed by atoms with Crippen molar-refractivity contribution in [2.45, 2.75) is 39.7 Å². The van der Waals surface area contributed by atoms with Crippen LogP contribution >= 0.6 is 0 Å². The molecule has 2 heterocycles. The highest BCUT2D eigenvalue weighted by Crippen LogP contribution is 2.34. The molecule has 7 nitrogen and oxygen atoms in total. The zero-order valence-electron chi connectivity index (χ0n) is 16.6. The number of anilines is 3. The van der Waals surface area contributed by atoms with Gasteiger partial charge in [-0.05, 0) is 41.7 Å². The minimum Gasteiger partial charge on any atom is -0.476 e. The predicted molar refractivity (Wildman–Crippen MR) is 109 cm³/mol. The summed E-state index contributed by atoms with van der Waals surface area (Å²) in [4.78, 5) is 31.1. The molecule has 28 heavy (non-hydrogen) atoms. The van der Waals surface area contributed by atoms with Gasteiger partial charge in [-0.2, -0.15) is 0 Å². The number of aromatic nitrogens is 1. The standard InChI is InChI=1S/C21H26N4O3/c1-12(2)14-5-7-15(8-6-14)23-18(26)11-25-20-16(9-10-17(22)24-20)28-19(13(3)4)21(25)27/h5-10,12-13,19H,11H2,1-4H3,(H2,22,24)(H,23,26). The first-order valence-electron chi connectivity index (χ1n) is 9.40. The Kier molecular flexibility index (Phi) is 5.53. The van der Waals surface area contributed by atoms with Gasteiger partial charge in [0.25, 0.3) is 5.91 Å². The molecule has 0 saturated carbocycles. The number of nitrogens with two attached hydrogens (primary N) is 1. The first kappa shape index (κ1) is 19.7. The van der Waals surface area contributed by atoms with E-state index in [9.17, 15) is 9.59 Å². The van der Waals surface area contributed by atoms with E-state index in [1.807, 2.05) is 38.1 Å². The van der Waals surface area contributed by atoms with Crippen LogP contribution in [0.2, 0.25) is 0 Å². The van der Waals surface area contributed by atoms with Crippen molar-refractivity contribution >= 4 is 29.1 Å². The molecule has 1 aromatic carbocycles. The third-order valence-corrected chi connectivity index (χ3v) is 4.65. The van der Waals surface area contributed by atoms with Crippen molar-refractivity contribution < 1.29 is 14.3 Å². The number of rotatable bonds is 5. The van der Waals surface area contributed by atoms with Gasteiger partial charge in [0.1, 0.15) is 12.4 Å². The second kappa shape index (κ2) is 7.88. The molecule has 0 spiro atoms. The summed E-state index contributed by atoms with van der Waals surface area (Å²) in [6, 6.07) is 11.0. The number of hydrogen-bond donors (Lipinski definition) is 2. The molecule has 7 heteroatoms. The molecule has 0 radical (unpaired) electrons. The fourth-order valence-electron chi connectivity index (χ4n) is 3.05. The molecule has 0 fully saturated rings. The molecule has 0 bridgehead atoms. The van der Waals surface area contributed by atoms with Crippen molar-refractivity contribution in [2.75, 3.05) is 22.5 Å². The molecule has 3 N–H and O–H groups in total. The highest BCUT2D eigenvalue weighted by Gasteiger charge is 2.38. The van der Waals surface area contributed by atoms with Gasteiger partial charge in [-0.1, -0.05) is 39.8 Å². The lowest BCUT2D eigenvalue weighted by atomic mass is 10.0. The fourth-order valence-corrected chi connectivity index (χ4v) is 3.05. The van der Waals surface area contributed by atoms with Crippen molar-refractivity contribution in [3.8, 4) is 5.75 Å². The maximum atomic E-state index is 12.9. The largest absolute Gasteiger partial charge is 0.476 e. The Balaban J connectivity index is 1.80. The summed E-state index contributed by atoms with van der Waals surface area (Å²) < 4.78 is 5.79. The average Bonchev–Trinajstić information content (AvgIpc) is 2.64. The van der Waals surface area contributed by atoms with Crippen LogP contribution < -0.4 is 20.7 Å². The minimum absolute atomic E-state index is 0.0488. The Morgan fingerprint density at radius 3 is 2.46 bits per heavy atom. The Morgan fingerprint density at radius 1 is 1.18 bits per heavy atom. The van der Waals surface area contributed by atoms with Crippen molar-refractivity contribution in [1.82, 2.24) is 4.98 Å². The Labute approximate surface area is 164 Å². The monoisotopic (exact) mass is 382 g/mol. The summed E-state index contributed by atoms with van der Waals surface area (Å²) in [6.45, 7) is 7.85. The Morgan fingerprint density at radius 2 is 1.86 bits per heavy atom. The fraction of sp³-hybridized carbons (Fsp3) is 0.381. The average molecular weight is 382 g/mol. The second-order valence-corrected chi connectivity index (χ2v) is 7.59. The summed E-state index contributed by atoms with van der Waals surface area (Å²) in [5.74, 6) is 0.724. The van der Waals surface area contributed by atoms with Crippen LogP contribution in [-0.2, 0) is 9.59 Å². The summed E-state index contributed by atoms with van der Waals surface area (Å²) in [6.07, 6.45) is -0.670. The van der Waals surface area contributed by atoms with E-state index in [2.05, 4.69) is 24.1 Å². The highest BCUT2D eigenvalue weighted by molar-refractivity contribution is 6.05. The number of benzene rings is 1. The van der Waals surface area contributed by atoms with Crippen LogP contribution in [0.15, 0.2) is 36.4 Å². The molecule has 2 aromatic rings. The summed E-state index contributed by atoms with van der Waals surface area (Å²) in [5, 5.41) is 2.83. The second-order valence-electron chi connectivity index (χ2n) is 7.59. The maximum Gasteiger partial charge on any atom is 0.270 e. The molecule has 1 aliphatic rings. The van der Waals surface area contributed by atoms with Crippen LogP contribution in [0.3, 0.4) is 0 Å². The number of carbonyl (C=O) groups is 2. The Hall–Kier alpha value is -3.09. The number of nitrogen functional groups attached to an aromatic ring is 1. The van der Waals surface area contributed by atoms with E-state index in [0.717, 1.165) is 0 Å². The van der Waals surface area contributed by atoms with Crippen LogP contribution in [0.25, 0.3) is 0 Å². The molecule has 2 amide bonds. The smallest absolute Gasteiger partial charge is 0.270 e. The van der Waals surface area contributed by atoms with Gasteiger partial charge in [0, 0.05) is 5.69 Å². The van der Waals surface area contributed by atoms with Crippen molar-refractivity contribution in [1.29, 1.82) is 0 Å². The number of hydrogen-bond acceptors (Lipinski definition) is 5. The van der Waals surface area contributed by atoms with Gasteiger partial charge < -0.3 is 15.8 Å². The third kappa shape index (κ3) is 4.08. The summed E-state index contributed by atoms with van der Waals surface area (Å²) >= 11 is 0. The molecule has 3 rings (SSSR count). The molecule has 1 aromatic heterocycles. The van der Waals surface area contributed by atoms with Gasteiger partial charge in [0.15, 0.2) is 17.7 Å². The first-order valence-corrected chi connectivity index (χ1v) is 9.40. The van der Waals surface area contributed by atoms with Gasteiger partial charge in [-0.15, -0.1) is 0 Å². The molecule has 148 valence electrons. The van der Waals surface area contributed by atoms with Gasteiger partial charge in [0.2, 0.25) is 5.91 Å². The van der Waals surface area contributed by atoms with E-state index in [1.54, 1.807) is 12.1 Å². The quantitative estimate of drug-likeness (QED) is 0.828. The lowest BCUT2D eigenvalue weighted by molar-refractivity contribution is -0.129. The van der Waals surface area contributed by atoms with E-state index in [0.29, 0.717) is 17.4 Å². The number of nitrogens with one attached hydrogen (secondary N) is 1. The first-order chi connectivity index (χ1) is 13.3. The van der Waals surface area contributed by atoms with E-state index >= 15 is 0 Å². The third-order valence-electron chi connectivity index (χ3n) is 4.65. The molecule has 1 atom stereocenters. The Bertz CT molecular complexity index is 878. The van der Waals surface area contributed by atoms with E-state index < -0.39 is 6.10 Å². The van der Waals surface area contributed by atoms with E-state index in [4.69, 9.17) is 10.5 Å². The van der Waals surface area contributed by atoms with Gasteiger partial charge in [-0.25, -0.2) is 4.98 Å². The molecule has 0 saturated heterocycles.